The van der Waals surface area contributed by atoms with Crippen molar-refractivity contribution in [1.29, 1.82) is 0 Å². The molecule has 0 spiro atoms. The lowest BCUT2D eigenvalue weighted by Gasteiger charge is -2.36. The molecular formula is C15H30N2. The summed E-state index contributed by atoms with van der Waals surface area (Å²) >= 11 is 0. The van der Waals surface area contributed by atoms with Gasteiger partial charge in [-0.1, -0.05) is 13.8 Å². The van der Waals surface area contributed by atoms with E-state index in [9.17, 15) is 0 Å². The van der Waals surface area contributed by atoms with Crippen LogP contribution in [0.25, 0.3) is 0 Å². The predicted molar refractivity (Wildman–Crippen MR) is 74.0 cm³/mol. The van der Waals surface area contributed by atoms with E-state index >= 15 is 0 Å². The fraction of sp³-hybridized carbons (Fsp3) is 1.00. The van der Waals surface area contributed by atoms with E-state index in [0.29, 0.717) is 5.41 Å². The molecule has 0 aromatic heterocycles. The standard InChI is InChI=1S/C15H30N2/c1-3-15(4-2,11-16)12-17(9-13-5-6-13)10-14-7-8-14/h13-14H,3-12,16H2,1-2H3. The van der Waals surface area contributed by atoms with Crippen LogP contribution in [0.15, 0.2) is 0 Å². The van der Waals surface area contributed by atoms with Gasteiger partial charge in [-0.3, -0.25) is 0 Å². The Labute approximate surface area is 107 Å². The van der Waals surface area contributed by atoms with Crippen LogP contribution in [0.1, 0.15) is 52.4 Å². The second kappa shape index (κ2) is 5.71. The highest BCUT2D eigenvalue weighted by molar-refractivity contribution is 4.87. The Balaban J connectivity index is 1.87. The highest BCUT2D eigenvalue weighted by Crippen LogP contribution is 2.36. The molecule has 0 heterocycles. The largest absolute Gasteiger partial charge is 0.330 e. The topological polar surface area (TPSA) is 29.3 Å². The molecule has 100 valence electrons. The van der Waals surface area contributed by atoms with Crippen molar-refractivity contribution in [3.05, 3.63) is 0 Å². The van der Waals surface area contributed by atoms with Gasteiger partial charge in [-0.25, -0.2) is 0 Å². The lowest BCUT2D eigenvalue weighted by atomic mass is 9.81. The molecule has 0 aromatic carbocycles. The van der Waals surface area contributed by atoms with Crippen molar-refractivity contribution in [3.63, 3.8) is 0 Å². The van der Waals surface area contributed by atoms with E-state index < -0.39 is 0 Å². The summed E-state index contributed by atoms with van der Waals surface area (Å²) in [5.41, 5.74) is 6.42. The van der Waals surface area contributed by atoms with E-state index in [4.69, 9.17) is 5.73 Å². The van der Waals surface area contributed by atoms with Crippen LogP contribution in [0, 0.1) is 17.3 Å². The minimum atomic E-state index is 0.379. The third kappa shape index (κ3) is 3.96. The van der Waals surface area contributed by atoms with Gasteiger partial charge in [-0.2, -0.15) is 0 Å². The summed E-state index contributed by atoms with van der Waals surface area (Å²) in [5, 5.41) is 0. The van der Waals surface area contributed by atoms with Crippen molar-refractivity contribution in [2.24, 2.45) is 23.0 Å². The quantitative estimate of drug-likeness (QED) is 0.669. The summed E-state index contributed by atoms with van der Waals surface area (Å²) in [4.78, 5) is 2.75. The molecule has 0 aromatic rings. The molecule has 2 saturated carbocycles. The molecule has 2 heteroatoms. The summed E-state index contributed by atoms with van der Waals surface area (Å²) in [7, 11) is 0. The van der Waals surface area contributed by atoms with Gasteiger partial charge in [0, 0.05) is 19.6 Å². The van der Waals surface area contributed by atoms with Gasteiger partial charge in [0.2, 0.25) is 0 Å². The van der Waals surface area contributed by atoms with Crippen LogP contribution in [0.5, 0.6) is 0 Å². The molecule has 0 unspecified atom stereocenters. The predicted octanol–water partition coefficient (Wildman–Crippen LogP) is 2.87. The highest BCUT2D eigenvalue weighted by Gasteiger charge is 2.33. The third-order valence-electron chi connectivity index (χ3n) is 4.92. The van der Waals surface area contributed by atoms with Crippen LogP contribution < -0.4 is 5.73 Å². The van der Waals surface area contributed by atoms with Gasteiger partial charge in [-0.05, 0) is 62.3 Å². The zero-order chi connectivity index (χ0) is 12.3. The first-order valence-corrected chi connectivity index (χ1v) is 7.63. The molecule has 0 atom stereocenters. The molecule has 0 aliphatic heterocycles. The first-order valence-electron chi connectivity index (χ1n) is 7.63. The Morgan fingerprint density at radius 1 is 1.00 bits per heavy atom. The zero-order valence-corrected chi connectivity index (χ0v) is 11.8. The van der Waals surface area contributed by atoms with Gasteiger partial charge in [-0.15, -0.1) is 0 Å². The van der Waals surface area contributed by atoms with Crippen molar-refractivity contribution in [2.45, 2.75) is 52.4 Å². The summed E-state index contributed by atoms with van der Waals surface area (Å²) in [6.07, 6.45) is 8.33. The van der Waals surface area contributed by atoms with Crippen molar-refractivity contribution < 1.29 is 0 Å². The maximum Gasteiger partial charge on any atom is 0.00501 e. The Bertz CT molecular complexity index is 205. The molecule has 2 nitrogen and oxygen atoms in total. The highest BCUT2D eigenvalue weighted by atomic mass is 15.1. The molecule has 17 heavy (non-hydrogen) atoms. The maximum atomic E-state index is 6.04. The minimum absolute atomic E-state index is 0.379. The Kier molecular flexibility index (Phi) is 4.48. The monoisotopic (exact) mass is 238 g/mol. The van der Waals surface area contributed by atoms with E-state index in [1.54, 1.807) is 0 Å². The van der Waals surface area contributed by atoms with Crippen LogP contribution in [-0.4, -0.2) is 31.1 Å². The van der Waals surface area contributed by atoms with Crippen LogP contribution in [-0.2, 0) is 0 Å². The average molecular weight is 238 g/mol. The Morgan fingerprint density at radius 3 is 1.76 bits per heavy atom. The van der Waals surface area contributed by atoms with E-state index in [0.717, 1.165) is 18.4 Å². The molecule has 0 saturated heterocycles. The molecule has 0 amide bonds. The van der Waals surface area contributed by atoms with E-state index in [-0.39, 0.29) is 0 Å². The van der Waals surface area contributed by atoms with Gasteiger partial charge in [0.25, 0.3) is 0 Å². The van der Waals surface area contributed by atoms with Gasteiger partial charge in [0.1, 0.15) is 0 Å². The summed E-state index contributed by atoms with van der Waals surface area (Å²) in [6.45, 7) is 9.40. The van der Waals surface area contributed by atoms with Gasteiger partial charge < -0.3 is 10.6 Å². The van der Waals surface area contributed by atoms with E-state index in [2.05, 4.69) is 18.7 Å². The van der Waals surface area contributed by atoms with Crippen molar-refractivity contribution in [3.8, 4) is 0 Å². The molecule has 2 aliphatic rings. The van der Waals surface area contributed by atoms with E-state index in [1.807, 2.05) is 0 Å². The first-order chi connectivity index (χ1) is 8.21. The maximum absolute atomic E-state index is 6.04. The molecular weight excluding hydrogens is 208 g/mol. The summed E-state index contributed by atoms with van der Waals surface area (Å²) in [5.74, 6) is 2.02. The van der Waals surface area contributed by atoms with Crippen molar-refractivity contribution in [1.82, 2.24) is 4.90 Å². The van der Waals surface area contributed by atoms with Crippen molar-refractivity contribution >= 4 is 0 Å². The molecule has 2 rings (SSSR count). The van der Waals surface area contributed by atoms with Crippen LogP contribution >= 0.6 is 0 Å². The minimum Gasteiger partial charge on any atom is -0.330 e. The fourth-order valence-electron chi connectivity index (χ4n) is 2.84. The number of hydrogen-bond donors (Lipinski definition) is 1. The van der Waals surface area contributed by atoms with Gasteiger partial charge >= 0.3 is 0 Å². The van der Waals surface area contributed by atoms with Gasteiger partial charge in [0.05, 0.1) is 0 Å². The number of rotatable bonds is 9. The molecule has 2 aliphatic carbocycles. The molecule has 2 N–H and O–H groups in total. The number of hydrogen-bond acceptors (Lipinski definition) is 2. The zero-order valence-electron chi connectivity index (χ0n) is 11.8. The second-order valence-electron chi connectivity index (χ2n) is 6.49. The first kappa shape index (κ1) is 13.4. The fourth-order valence-corrected chi connectivity index (χ4v) is 2.84. The smallest absolute Gasteiger partial charge is 0.00501 e. The Morgan fingerprint density at radius 2 is 1.47 bits per heavy atom. The SMILES string of the molecule is CCC(CC)(CN)CN(CC1CC1)CC1CC1. The third-order valence-corrected chi connectivity index (χ3v) is 4.92. The average Bonchev–Trinajstić information content (AvgIpc) is 3.22. The van der Waals surface area contributed by atoms with Crippen LogP contribution in [0.3, 0.4) is 0 Å². The molecule has 0 radical (unpaired) electrons. The van der Waals surface area contributed by atoms with E-state index in [1.165, 1.54) is 58.2 Å². The molecule has 0 bridgehead atoms. The summed E-state index contributed by atoms with van der Waals surface area (Å²) in [6, 6.07) is 0. The van der Waals surface area contributed by atoms with Gasteiger partial charge in [0.15, 0.2) is 0 Å². The van der Waals surface area contributed by atoms with Crippen molar-refractivity contribution in [2.75, 3.05) is 26.2 Å². The summed E-state index contributed by atoms with van der Waals surface area (Å²) < 4.78 is 0. The lowest BCUT2D eigenvalue weighted by Crippen LogP contribution is -2.43. The van der Waals surface area contributed by atoms with Crippen LogP contribution in [0.2, 0.25) is 0 Å². The molecule has 2 fully saturated rings. The second-order valence-corrected chi connectivity index (χ2v) is 6.49. The number of nitrogens with zero attached hydrogens (tertiary/aromatic N) is 1. The Hall–Kier alpha value is -0.0800. The number of nitrogens with two attached hydrogens (primary N) is 1. The normalized spacial score (nSPS) is 21.2. The van der Waals surface area contributed by atoms with Crippen LogP contribution in [0.4, 0.5) is 0 Å². The lowest BCUT2D eigenvalue weighted by molar-refractivity contribution is 0.134.